The molecule has 2 aromatic heterocycles. The van der Waals surface area contributed by atoms with E-state index in [0.717, 1.165) is 11.4 Å². The fraction of sp³-hybridized carbons (Fsp3) is 0.286. The van der Waals surface area contributed by atoms with Crippen LogP contribution in [0.3, 0.4) is 0 Å². The third-order valence-electron chi connectivity index (χ3n) is 2.77. The van der Waals surface area contributed by atoms with Gasteiger partial charge >= 0.3 is 5.97 Å². The number of aromatic nitrogens is 3. The van der Waals surface area contributed by atoms with Crippen LogP contribution in [-0.2, 0) is 13.0 Å². The van der Waals surface area contributed by atoms with Crippen molar-refractivity contribution in [3.63, 3.8) is 0 Å². The maximum absolute atomic E-state index is 11.1. The molecule has 6 heteroatoms. The molecule has 0 bridgehead atoms. The van der Waals surface area contributed by atoms with Gasteiger partial charge in [-0.1, -0.05) is 6.92 Å². The summed E-state index contributed by atoms with van der Waals surface area (Å²) in [7, 11) is 0. The molecule has 0 fully saturated rings. The highest BCUT2D eigenvalue weighted by molar-refractivity contribution is 5.88. The van der Waals surface area contributed by atoms with Crippen molar-refractivity contribution in [2.45, 2.75) is 26.8 Å². The van der Waals surface area contributed by atoms with E-state index in [9.17, 15) is 4.79 Å². The van der Waals surface area contributed by atoms with E-state index in [1.807, 2.05) is 19.9 Å². The Bertz CT molecular complexity index is 628. The topological polar surface area (TPSA) is 88.0 Å². The summed E-state index contributed by atoms with van der Waals surface area (Å²) in [6.07, 6.45) is 2.38. The molecule has 0 saturated heterocycles. The summed E-state index contributed by atoms with van der Waals surface area (Å²) in [6.45, 7) is 4.23. The van der Waals surface area contributed by atoms with Crippen LogP contribution in [0.25, 0.3) is 0 Å². The van der Waals surface area contributed by atoms with Gasteiger partial charge in [0.15, 0.2) is 0 Å². The number of rotatable bonds is 5. The minimum Gasteiger partial charge on any atom is -0.478 e. The molecule has 0 radical (unpaired) electrons. The smallest absolute Gasteiger partial charge is 0.335 e. The minimum absolute atomic E-state index is 0.234. The van der Waals surface area contributed by atoms with Gasteiger partial charge in [-0.15, -0.1) is 0 Å². The molecule has 0 atom stereocenters. The third kappa shape index (κ3) is 3.50. The highest BCUT2D eigenvalue weighted by Gasteiger charge is 2.08. The lowest BCUT2D eigenvalue weighted by atomic mass is 10.2. The number of carboxylic acid groups (broad SMARTS) is 1. The number of pyridine rings is 1. The van der Waals surface area contributed by atoms with E-state index in [1.165, 1.54) is 6.07 Å². The maximum atomic E-state index is 11.1. The molecule has 0 aromatic carbocycles. The summed E-state index contributed by atoms with van der Waals surface area (Å²) >= 11 is 0. The van der Waals surface area contributed by atoms with Gasteiger partial charge in [-0.2, -0.15) is 0 Å². The molecule has 2 rings (SSSR count). The van der Waals surface area contributed by atoms with Crippen LogP contribution in [-0.4, -0.2) is 26.0 Å². The Morgan fingerprint density at radius 2 is 2.10 bits per heavy atom. The molecule has 0 unspecified atom stereocenters. The van der Waals surface area contributed by atoms with E-state index in [4.69, 9.17) is 5.11 Å². The van der Waals surface area contributed by atoms with E-state index in [0.29, 0.717) is 24.6 Å². The monoisotopic (exact) mass is 272 g/mol. The molecular weight excluding hydrogens is 256 g/mol. The minimum atomic E-state index is -0.956. The molecule has 0 aliphatic heterocycles. The molecule has 2 N–H and O–H groups in total. The number of hydrogen-bond donors (Lipinski definition) is 2. The first-order valence-electron chi connectivity index (χ1n) is 6.35. The Morgan fingerprint density at radius 3 is 2.75 bits per heavy atom. The quantitative estimate of drug-likeness (QED) is 0.866. The van der Waals surface area contributed by atoms with Gasteiger partial charge in [-0.05, 0) is 31.5 Å². The Morgan fingerprint density at radius 1 is 1.30 bits per heavy atom. The van der Waals surface area contributed by atoms with Crippen LogP contribution in [0, 0.1) is 6.92 Å². The number of anilines is 1. The molecule has 104 valence electrons. The van der Waals surface area contributed by atoms with Crippen LogP contribution in [0.5, 0.6) is 0 Å². The average molecular weight is 272 g/mol. The molecule has 6 nitrogen and oxygen atoms in total. The van der Waals surface area contributed by atoms with Crippen molar-refractivity contribution in [1.29, 1.82) is 0 Å². The summed E-state index contributed by atoms with van der Waals surface area (Å²) in [5, 5.41) is 12.2. The van der Waals surface area contributed by atoms with E-state index < -0.39 is 5.97 Å². The number of carbonyl (C=O) groups is 1. The second kappa shape index (κ2) is 6.10. The predicted octanol–water partition coefficient (Wildman–Crippen LogP) is 2.05. The fourth-order valence-corrected chi connectivity index (χ4v) is 1.77. The van der Waals surface area contributed by atoms with Crippen LogP contribution >= 0.6 is 0 Å². The van der Waals surface area contributed by atoms with E-state index >= 15 is 0 Å². The Hall–Kier alpha value is -2.50. The number of carboxylic acids is 1. The van der Waals surface area contributed by atoms with E-state index in [2.05, 4.69) is 20.3 Å². The van der Waals surface area contributed by atoms with Crippen molar-refractivity contribution >= 4 is 11.8 Å². The molecule has 0 aliphatic carbocycles. The van der Waals surface area contributed by atoms with Crippen molar-refractivity contribution in [2.24, 2.45) is 0 Å². The van der Waals surface area contributed by atoms with Crippen molar-refractivity contribution in [2.75, 3.05) is 5.32 Å². The van der Waals surface area contributed by atoms with Gasteiger partial charge in [0.2, 0.25) is 0 Å². The standard InChI is InChI=1S/C14H16N4O2/c1-3-11-6-10(14(19)20)7-13(18-11)16-8-12-4-5-15-9(2)17-12/h4-7H,3,8H2,1-2H3,(H,16,18)(H,19,20). The van der Waals surface area contributed by atoms with Crippen LogP contribution in [0.1, 0.15) is 34.5 Å². The molecule has 20 heavy (non-hydrogen) atoms. The first kappa shape index (κ1) is 13.9. The molecule has 0 spiro atoms. The van der Waals surface area contributed by atoms with Crippen LogP contribution < -0.4 is 5.32 Å². The first-order valence-corrected chi connectivity index (χ1v) is 6.35. The summed E-state index contributed by atoms with van der Waals surface area (Å²) in [6, 6.07) is 4.92. The number of nitrogens with one attached hydrogen (secondary N) is 1. The summed E-state index contributed by atoms with van der Waals surface area (Å²) in [5.74, 6) is 0.284. The third-order valence-corrected chi connectivity index (χ3v) is 2.77. The Labute approximate surface area is 116 Å². The van der Waals surface area contributed by atoms with Crippen LogP contribution in [0.2, 0.25) is 0 Å². The van der Waals surface area contributed by atoms with Gasteiger partial charge in [0.25, 0.3) is 0 Å². The van der Waals surface area contributed by atoms with Crippen molar-refractivity contribution < 1.29 is 9.90 Å². The summed E-state index contributed by atoms with van der Waals surface area (Å²) < 4.78 is 0. The van der Waals surface area contributed by atoms with Gasteiger partial charge in [0.05, 0.1) is 17.8 Å². The molecule has 0 saturated carbocycles. The Balaban J connectivity index is 2.16. The highest BCUT2D eigenvalue weighted by Crippen LogP contribution is 2.12. The highest BCUT2D eigenvalue weighted by atomic mass is 16.4. The summed E-state index contributed by atoms with van der Waals surface area (Å²) in [5.41, 5.74) is 1.81. The normalized spacial score (nSPS) is 10.3. The van der Waals surface area contributed by atoms with Gasteiger partial charge in [0, 0.05) is 11.9 Å². The SMILES string of the molecule is CCc1cc(C(=O)O)cc(NCc2ccnc(C)n2)n1. The zero-order chi connectivity index (χ0) is 14.5. The molecular formula is C14H16N4O2. The van der Waals surface area contributed by atoms with Crippen molar-refractivity contribution in [1.82, 2.24) is 15.0 Å². The fourth-order valence-electron chi connectivity index (χ4n) is 1.77. The number of aryl methyl sites for hydroxylation is 2. The lowest BCUT2D eigenvalue weighted by Gasteiger charge is -2.08. The van der Waals surface area contributed by atoms with E-state index in [-0.39, 0.29) is 5.56 Å². The number of hydrogen-bond acceptors (Lipinski definition) is 5. The predicted molar refractivity (Wildman–Crippen MR) is 74.7 cm³/mol. The van der Waals surface area contributed by atoms with Gasteiger partial charge in [0.1, 0.15) is 11.6 Å². The summed E-state index contributed by atoms with van der Waals surface area (Å²) in [4.78, 5) is 23.7. The average Bonchev–Trinajstić information content (AvgIpc) is 2.45. The second-order valence-corrected chi connectivity index (χ2v) is 4.34. The Kier molecular flexibility index (Phi) is 4.24. The van der Waals surface area contributed by atoms with Gasteiger partial charge in [-0.3, -0.25) is 0 Å². The molecule has 0 aliphatic rings. The first-order chi connectivity index (χ1) is 9.58. The van der Waals surface area contributed by atoms with Crippen molar-refractivity contribution in [3.8, 4) is 0 Å². The lowest BCUT2D eigenvalue weighted by molar-refractivity contribution is 0.0696. The maximum Gasteiger partial charge on any atom is 0.335 e. The van der Waals surface area contributed by atoms with Crippen molar-refractivity contribution in [3.05, 3.63) is 47.2 Å². The largest absolute Gasteiger partial charge is 0.478 e. The zero-order valence-corrected chi connectivity index (χ0v) is 11.4. The van der Waals surface area contributed by atoms with Gasteiger partial charge < -0.3 is 10.4 Å². The van der Waals surface area contributed by atoms with Gasteiger partial charge in [-0.25, -0.2) is 19.7 Å². The zero-order valence-electron chi connectivity index (χ0n) is 11.4. The number of aromatic carboxylic acids is 1. The van der Waals surface area contributed by atoms with E-state index in [1.54, 1.807) is 12.3 Å². The molecule has 0 amide bonds. The van der Waals surface area contributed by atoms with Crippen LogP contribution in [0.4, 0.5) is 5.82 Å². The molecule has 2 heterocycles. The molecule has 2 aromatic rings. The van der Waals surface area contributed by atoms with Crippen LogP contribution in [0.15, 0.2) is 24.4 Å². The lowest BCUT2D eigenvalue weighted by Crippen LogP contribution is -2.07. The second-order valence-electron chi connectivity index (χ2n) is 4.34. The number of nitrogens with zero attached hydrogens (tertiary/aromatic N) is 3.